The van der Waals surface area contributed by atoms with Crippen LogP contribution in [-0.4, -0.2) is 30.7 Å². The fourth-order valence-electron chi connectivity index (χ4n) is 3.08. The zero-order valence-corrected chi connectivity index (χ0v) is 13.2. The van der Waals surface area contributed by atoms with Crippen molar-refractivity contribution in [2.24, 2.45) is 5.73 Å². The first-order chi connectivity index (χ1) is 9.64. The summed E-state index contributed by atoms with van der Waals surface area (Å²) in [5.74, 6) is -0.231. The van der Waals surface area contributed by atoms with Gasteiger partial charge in [-0.25, -0.2) is 0 Å². The second-order valence-electron chi connectivity index (χ2n) is 5.98. The third-order valence-corrected chi connectivity index (χ3v) is 4.31. The summed E-state index contributed by atoms with van der Waals surface area (Å²) in [6, 6.07) is 0. The first-order valence-electron chi connectivity index (χ1n) is 8.31. The minimum absolute atomic E-state index is 0.192. The number of unbranched alkanes of at least 4 members (excludes halogenated alkanes) is 5. The average molecular weight is 284 g/mol. The molecule has 1 aliphatic rings. The van der Waals surface area contributed by atoms with Gasteiger partial charge in [-0.2, -0.15) is 0 Å². The number of carbonyl (C=O) groups is 1. The maximum absolute atomic E-state index is 11.6. The quantitative estimate of drug-likeness (QED) is 0.573. The lowest BCUT2D eigenvalue weighted by atomic mass is 9.96. The molecule has 0 spiro atoms. The van der Waals surface area contributed by atoms with Crippen LogP contribution in [0.4, 0.5) is 0 Å². The number of likely N-dealkylation sites (N-methyl/N-ethyl adjacent to an activating group) is 1. The topological polar surface area (TPSA) is 64.3 Å². The highest BCUT2D eigenvalue weighted by molar-refractivity contribution is 5.85. The normalized spacial score (nSPS) is 26.0. The van der Waals surface area contributed by atoms with Gasteiger partial charge in [-0.3, -0.25) is 4.79 Å². The molecule has 1 amide bonds. The van der Waals surface area contributed by atoms with Gasteiger partial charge in [0.1, 0.15) is 5.54 Å². The Morgan fingerprint density at radius 1 is 1.25 bits per heavy atom. The summed E-state index contributed by atoms with van der Waals surface area (Å²) in [5.41, 5.74) is 5.02. The minimum atomic E-state index is -0.527. The van der Waals surface area contributed by atoms with Gasteiger partial charge in [-0.1, -0.05) is 46.0 Å². The highest BCUT2D eigenvalue weighted by atomic mass is 16.5. The van der Waals surface area contributed by atoms with E-state index < -0.39 is 5.54 Å². The van der Waals surface area contributed by atoms with E-state index in [9.17, 15) is 4.79 Å². The van der Waals surface area contributed by atoms with Crippen LogP contribution in [0.15, 0.2) is 0 Å². The number of rotatable bonds is 11. The van der Waals surface area contributed by atoms with E-state index in [1.807, 2.05) is 6.92 Å². The third kappa shape index (κ3) is 5.41. The van der Waals surface area contributed by atoms with E-state index in [1.165, 1.54) is 32.1 Å². The van der Waals surface area contributed by atoms with Crippen LogP contribution in [-0.2, 0) is 9.53 Å². The Balaban J connectivity index is 2.15. The molecule has 1 saturated carbocycles. The Kier molecular flexibility index (Phi) is 8.15. The molecule has 0 bridgehead atoms. The molecule has 1 rings (SSSR count). The molecular weight excluding hydrogens is 252 g/mol. The van der Waals surface area contributed by atoms with Crippen LogP contribution < -0.4 is 11.1 Å². The van der Waals surface area contributed by atoms with Gasteiger partial charge in [-0.05, 0) is 25.8 Å². The number of nitrogens with two attached hydrogens (primary N) is 1. The molecule has 20 heavy (non-hydrogen) atoms. The summed E-state index contributed by atoms with van der Waals surface area (Å²) >= 11 is 0. The molecule has 0 aromatic rings. The summed E-state index contributed by atoms with van der Waals surface area (Å²) < 4.78 is 5.91. The number of hydrogen-bond acceptors (Lipinski definition) is 3. The van der Waals surface area contributed by atoms with Crippen molar-refractivity contribution in [2.45, 2.75) is 83.3 Å². The van der Waals surface area contributed by atoms with Gasteiger partial charge in [0, 0.05) is 13.0 Å². The van der Waals surface area contributed by atoms with Crippen molar-refractivity contribution in [3.63, 3.8) is 0 Å². The van der Waals surface area contributed by atoms with Crippen molar-refractivity contribution >= 4 is 5.91 Å². The number of nitrogens with one attached hydrogen (secondary N) is 1. The van der Waals surface area contributed by atoms with E-state index in [1.54, 1.807) is 0 Å². The van der Waals surface area contributed by atoms with E-state index >= 15 is 0 Å². The lowest BCUT2D eigenvalue weighted by molar-refractivity contribution is -0.124. The predicted octanol–water partition coefficient (Wildman–Crippen LogP) is 2.75. The van der Waals surface area contributed by atoms with E-state index in [0.29, 0.717) is 0 Å². The summed E-state index contributed by atoms with van der Waals surface area (Å²) in [6.07, 6.45) is 10.3. The fraction of sp³-hybridized carbons (Fsp3) is 0.938. The summed E-state index contributed by atoms with van der Waals surface area (Å²) in [4.78, 5) is 11.6. The van der Waals surface area contributed by atoms with Crippen molar-refractivity contribution in [2.75, 3.05) is 13.2 Å². The molecule has 0 heterocycles. The first-order valence-corrected chi connectivity index (χ1v) is 8.31. The molecule has 0 aliphatic heterocycles. The summed E-state index contributed by atoms with van der Waals surface area (Å²) in [7, 11) is 0. The number of primary amides is 1. The molecule has 0 aromatic heterocycles. The van der Waals surface area contributed by atoms with Crippen LogP contribution in [0.1, 0.15) is 71.6 Å². The third-order valence-electron chi connectivity index (χ3n) is 4.31. The van der Waals surface area contributed by atoms with E-state index in [4.69, 9.17) is 10.5 Å². The Morgan fingerprint density at radius 2 is 1.95 bits per heavy atom. The predicted molar refractivity (Wildman–Crippen MR) is 82.6 cm³/mol. The molecular formula is C16H32N2O2. The smallest absolute Gasteiger partial charge is 0.237 e. The lowest BCUT2D eigenvalue weighted by Crippen LogP contribution is -2.53. The van der Waals surface area contributed by atoms with Crippen LogP contribution in [0, 0.1) is 0 Å². The Hall–Kier alpha value is -0.610. The number of hydrogen-bond donors (Lipinski definition) is 2. The van der Waals surface area contributed by atoms with Gasteiger partial charge in [0.2, 0.25) is 5.91 Å². The van der Waals surface area contributed by atoms with Crippen molar-refractivity contribution < 1.29 is 9.53 Å². The Bertz CT molecular complexity index is 284. The molecule has 118 valence electrons. The number of carbonyl (C=O) groups excluding carboxylic acids is 1. The first kappa shape index (κ1) is 17.4. The minimum Gasteiger partial charge on any atom is -0.378 e. The molecule has 1 aliphatic carbocycles. The summed E-state index contributed by atoms with van der Waals surface area (Å²) in [5, 5.41) is 3.26. The van der Waals surface area contributed by atoms with Crippen molar-refractivity contribution in [1.82, 2.24) is 5.32 Å². The zero-order valence-electron chi connectivity index (χ0n) is 13.2. The summed E-state index contributed by atoms with van der Waals surface area (Å²) in [6.45, 7) is 5.83. The number of amides is 1. The van der Waals surface area contributed by atoms with Crippen LogP contribution >= 0.6 is 0 Å². The van der Waals surface area contributed by atoms with Gasteiger partial charge in [0.05, 0.1) is 6.10 Å². The Labute approximate surface area is 123 Å². The second-order valence-corrected chi connectivity index (χ2v) is 5.98. The van der Waals surface area contributed by atoms with Crippen LogP contribution in [0.2, 0.25) is 0 Å². The van der Waals surface area contributed by atoms with Gasteiger partial charge < -0.3 is 15.8 Å². The van der Waals surface area contributed by atoms with Gasteiger partial charge >= 0.3 is 0 Å². The van der Waals surface area contributed by atoms with Crippen LogP contribution in [0.25, 0.3) is 0 Å². The molecule has 4 heteroatoms. The second kappa shape index (κ2) is 9.35. The van der Waals surface area contributed by atoms with Crippen molar-refractivity contribution in [1.29, 1.82) is 0 Å². The largest absolute Gasteiger partial charge is 0.378 e. The maximum atomic E-state index is 11.6. The molecule has 1 fully saturated rings. The molecule has 2 unspecified atom stereocenters. The Morgan fingerprint density at radius 3 is 2.60 bits per heavy atom. The van der Waals surface area contributed by atoms with Crippen molar-refractivity contribution in [3.05, 3.63) is 0 Å². The highest BCUT2D eigenvalue weighted by Gasteiger charge is 2.43. The van der Waals surface area contributed by atoms with E-state index in [2.05, 4.69) is 12.2 Å². The average Bonchev–Trinajstić information content (AvgIpc) is 2.83. The fourth-order valence-corrected chi connectivity index (χ4v) is 3.08. The number of ether oxygens (including phenoxy) is 1. The van der Waals surface area contributed by atoms with Crippen LogP contribution in [0.3, 0.4) is 0 Å². The zero-order chi connectivity index (χ0) is 14.8. The van der Waals surface area contributed by atoms with Gasteiger partial charge in [0.25, 0.3) is 0 Å². The SMILES string of the molecule is CCCCCCCCOC1CCC(NCC)(C(N)=O)C1. The standard InChI is InChI=1S/C16H32N2O2/c1-3-5-6-7-8-9-12-20-14-10-11-16(13-14,15(17)19)18-4-2/h14,18H,3-13H2,1-2H3,(H2,17,19). The molecule has 0 aromatic carbocycles. The van der Waals surface area contributed by atoms with Crippen LogP contribution in [0.5, 0.6) is 0 Å². The molecule has 4 nitrogen and oxygen atoms in total. The molecule has 2 atom stereocenters. The lowest BCUT2D eigenvalue weighted by Gasteiger charge is -2.26. The highest BCUT2D eigenvalue weighted by Crippen LogP contribution is 2.32. The monoisotopic (exact) mass is 284 g/mol. The molecule has 0 saturated heterocycles. The van der Waals surface area contributed by atoms with Gasteiger partial charge in [-0.15, -0.1) is 0 Å². The molecule has 0 radical (unpaired) electrons. The van der Waals surface area contributed by atoms with E-state index in [0.717, 1.165) is 38.8 Å². The maximum Gasteiger partial charge on any atom is 0.237 e. The molecule has 3 N–H and O–H groups in total. The van der Waals surface area contributed by atoms with Gasteiger partial charge in [0.15, 0.2) is 0 Å². The van der Waals surface area contributed by atoms with Crippen molar-refractivity contribution in [3.8, 4) is 0 Å². The van der Waals surface area contributed by atoms with E-state index in [-0.39, 0.29) is 12.0 Å².